The standard InChI is InChI=1S/C14H26N2O/c1-2-4-11-7-8-16(10-11)14(17)12-5-3-6-13(15)9-12/h11-13H,2-10,15H2,1H3. The lowest BCUT2D eigenvalue weighted by Gasteiger charge is -2.29. The van der Waals surface area contributed by atoms with E-state index >= 15 is 0 Å². The summed E-state index contributed by atoms with van der Waals surface area (Å²) in [6, 6.07) is 0.256. The number of likely N-dealkylation sites (tertiary alicyclic amines) is 1. The highest BCUT2D eigenvalue weighted by Crippen LogP contribution is 2.28. The molecule has 0 radical (unpaired) electrons. The Kier molecular flexibility index (Phi) is 4.43. The summed E-state index contributed by atoms with van der Waals surface area (Å²) in [5.41, 5.74) is 5.97. The van der Waals surface area contributed by atoms with Gasteiger partial charge in [-0.25, -0.2) is 0 Å². The molecule has 2 fully saturated rings. The number of amides is 1. The molecule has 1 saturated heterocycles. The van der Waals surface area contributed by atoms with Crippen LogP contribution in [-0.2, 0) is 4.79 Å². The van der Waals surface area contributed by atoms with Crippen LogP contribution in [0.3, 0.4) is 0 Å². The predicted octanol–water partition coefficient (Wildman–Crippen LogP) is 2.15. The van der Waals surface area contributed by atoms with Crippen molar-refractivity contribution in [2.24, 2.45) is 17.6 Å². The average molecular weight is 238 g/mol. The molecule has 17 heavy (non-hydrogen) atoms. The quantitative estimate of drug-likeness (QED) is 0.819. The second-order valence-corrected chi connectivity index (χ2v) is 5.85. The number of hydrogen-bond acceptors (Lipinski definition) is 2. The van der Waals surface area contributed by atoms with Gasteiger partial charge in [-0.3, -0.25) is 4.79 Å². The van der Waals surface area contributed by atoms with Crippen LogP contribution in [0.15, 0.2) is 0 Å². The normalized spacial score (nSPS) is 34.0. The fourth-order valence-electron chi connectivity index (χ4n) is 3.39. The van der Waals surface area contributed by atoms with Crippen LogP contribution in [0.25, 0.3) is 0 Å². The van der Waals surface area contributed by atoms with E-state index in [1.807, 2.05) is 0 Å². The molecule has 0 aromatic rings. The van der Waals surface area contributed by atoms with Gasteiger partial charge in [0.15, 0.2) is 0 Å². The Hall–Kier alpha value is -0.570. The zero-order valence-corrected chi connectivity index (χ0v) is 11.0. The maximum Gasteiger partial charge on any atom is 0.225 e. The minimum atomic E-state index is 0.221. The first-order valence-corrected chi connectivity index (χ1v) is 7.25. The van der Waals surface area contributed by atoms with Crippen LogP contribution in [0.4, 0.5) is 0 Å². The average Bonchev–Trinajstić information content (AvgIpc) is 2.77. The zero-order valence-electron chi connectivity index (χ0n) is 11.0. The SMILES string of the molecule is CCCC1CCN(C(=O)C2CCCC(N)C2)C1. The molecule has 1 saturated carbocycles. The molecule has 2 aliphatic rings. The molecule has 2 rings (SSSR count). The highest BCUT2D eigenvalue weighted by atomic mass is 16.2. The van der Waals surface area contributed by atoms with Crippen LogP contribution < -0.4 is 5.73 Å². The van der Waals surface area contributed by atoms with E-state index in [1.165, 1.54) is 19.3 Å². The molecule has 98 valence electrons. The van der Waals surface area contributed by atoms with Crippen molar-refractivity contribution in [3.05, 3.63) is 0 Å². The minimum Gasteiger partial charge on any atom is -0.342 e. The van der Waals surface area contributed by atoms with Crippen molar-refractivity contribution in [1.82, 2.24) is 4.90 Å². The molecule has 2 N–H and O–H groups in total. The summed E-state index contributed by atoms with van der Waals surface area (Å²) in [5, 5.41) is 0. The lowest BCUT2D eigenvalue weighted by molar-refractivity contribution is -0.135. The lowest BCUT2D eigenvalue weighted by Crippen LogP contribution is -2.39. The van der Waals surface area contributed by atoms with Gasteiger partial charge in [-0.05, 0) is 38.0 Å². The first-order valence-electron chi connectivity index (χ1n) is 7.25. The van der Waals surface area contributed by atoms with E-state index in [-0.39, 0.29) is 12.0 Å². The van der Waals surface area contributed by atoms with Crippen molar-refractivity contribution in [1.29, 1.82) is 0 Å². The first-order chi connectivity index (χ1) is 8.20. The molecule has 3 atom stereocenters. The van der Waals surface area contributed by atoms with E-state index in [9.17, 15) is 4.79 Å². The number of hydrogen-bond donors (Lipinski definition) is 1. The van der Waals surface area contributed by atoms with Crippen LogP contribution in [0.5, 0.6) is 0 Å². The Morgan fingerprint density at radius 1 is 1.35 bits per heavy atom. The summed E-state index contributed by atoms with van der Waals surface area (Å²) >= 11 is 0. The fraction of sp³-hybridized carbons (Fsp3) is 0.929. The molecule has 0 aromatic heterocycles. The van der Waals surface area contributed by atoms with Gasteiger partial charge in [0.05, 0.1) is 0 Å². The van der Waals surface area contributed by atoms with E-state index in [2.05, 4.69) is 11.8 Å². The van der Waals surface area contributed by atoms with Crippen LogP contribution in [0.1, 0.15) is 51.9 Å². The van der Waals surface area contributed by atoms with Gasteiger partial charge in [0.1, 0.15) is 0 Å². The molecule has 1 amide bonds. The second kappa shape index (κ2) is 5.85. The molecule has 1 heterocycles. The van der Waals surface area contributed by atoms with Crippen molar-refractivity contribution in [3.63, 3.8) is 0 Å². The van der Waals surface area contributed by atoms with Gasteiger partial charge < -0.3 is 10.6 Å². The van der Waals surface area contributed by atoms with Crippen LogP contribution in [-0.4, -0.2) is 29.9 Å². The van der Waals surface area contributed by atoms with Gasteiger partial charge in [-0.15, -0.1) is 0 Å². The lowest BCUT2D eigenvalue weighted by atomic mass is 9.85. The van der Waals surface area contributed by atoms with Gasteiger partial charge >= 0.3 is 0 Å². The first kappa shape index (κ1) is 12.9. The monoisotopic (exact) mass is 238 g/mol. The third-order valence-electron chi connectivity index (χ3n) is 4.36. The summed E-state index contributed by atoms with van der Waals surface area (Å²) < 4.78 is 0. The Labute approximate surface area is 105 Å². The summed E-state index contributed by atoms with van der Waals surface area (Å²) in [6.07, 6.45) is 7.91. The molecule has 3 nitrogen and oxygen atoms in total. The van der Waals surface area contributed by atoms with Crippen LogP contribution in [0.2, 0.25) is 0 Å². The minimum absolute atomic E-state index is 0.221. The molecule has 0 bridgehead atoms. The maximum atomic E-state index is 12.4. The number of carbonyl (C=O) groups is 1. The van der Waals surface area contributed by atoms with Crippen LogP contribution in [0, 0.1) is 11.8 Å². The van der Waals surface area contributed by atoms with Gasteiger partial charge in [-0.2, -0.15) is 0 Å². The van der Waals surface area contributed by atoms with Gasteiger partial charge in [0, 0.05) is 25.0 Å². The van der Waals surface area contributed by atoms with Crippen molar-refractivity contribution < 1.29 is 4.79 Å². The Morgan fingerprint density at radius 2 is 2.18 bits per heavy atom. The summed E-state index contributed by atoms with van der Waals surface area (Å²) in [4.78, 5) is 14.5. The van der Waals surface area contributed by atoms with E-state index in [0.29, 0.717) is 5.91 Å². The largest absolute Gasteiger partial charge is 0.342 e. The fourth-order valence-corrected chi connectivity index (χ4v) is 3.39. The Morgan fingerprint density at radius 3 is 2.88 bits per heavy atom. The van der Waals surface area contributed by atoms with Crippen molar-refractivity contribution >= 4 is 5.91 Å². The number of rotatable bonds is 3. The zero-order chi connectivity index (χ0) is 12.3. The molecule has 3 heteroatoms. The molecular formula is C14H26N2O. The van der Waals surface area contributed by atoms with E-state index in [1.54, 1.807) is 0 Å². The maximum absolute atomic E-state index is 12.4. The second-order valence-electron chi connectivity index (χ2n) is 5.85. The van der Waals surface area contributed by atoms with Crippen LogP contribution >= 0.6 is 0 Å². The number of carbonyl (C=O) groups excluding carboxylic acids is 1. The predicted molar refractivity (Wildman–Crippen MR) is 69.5 cm³/mol. The highest BCUT2D eigenvalue weighted by Gasteiger charge is 2.32. The van der Waals surface area contributed by atoms with Gasteiger partial charge in [0.25, 0.3) is 0 Å². The molecular weight excluding hydrogens is 212 g/mol. The molecule has 3 unspecified atom stereocenters. The van der Waals surface area contributed by atoms with Crippen molar-refractivity contribution in [2.75, 3.05) is 13.1 Å². The van der Waals surface area contributed by atoms with E-state index in [0.717, 1.165) is 44.7 Å². The molecule has 0 spiro atoms. The smallest absolute Gasteiger partial charge is 0.225 e. The van der Waals surface area contributed by atoms with Gasteiger partial charge in [-0.1, -0.05) is 19.8 Å². The van der Waals surface area contributed by atoms with Gasteiger partial charge in [0.2, 0.25) is 5.91 Å². The molecule has 0 aromatic carbocycles. The number of nitrogens with zero attached hydrogens (tertiary/aromatic N) is 1. The highest BCUT2D eigenvalue weighted by molar-refractivity contribution is 5.79. The third kappa shape index (κ3) is 3.21. The summed E-state index contributed by atoms with van der Waals surface area (Å²) in [7, 11) is 0. The summed E-state index contributed by atoms with van der Waals surface area (Å²) in [5.74, 6) is 1.36. The Balaban J connectivity index is 1.83. The molecule has 1 aliphatic heterocycles. The van der Waals surface area contributed by atoms with E-state index < -0.39 is 0 Å². The third-order valence-corrected chi connectivity index (χ3v) is 4.36. The Bertz CT molecular complexity index is 267. The van der Waals surface area contributed by atoms with Crippen molar-refractivity contribution in [3.8, 4) is 0 Å². The summed E-state index contributed by atoms with van der Waals surface area (Å²) in [6.45, 7) is 4.21. The number of nitrogens with two attached hydrogens (primary N) is 1. The van der Waals surface area contributed by atoms with Crippen molar-refractivity contribution in [2.45, 2.75) is 57.9 Å². The molecule has 1 aliphatic carbocycles. The topological polar surface area (TPSA) is 46.3 Å². The van der Waals surface area contributed by atoms with E-state index in [4.69, 9.17) is 5.73 Å².